The third-order valence-electron chi connectivity index (χ3n) is 4.08. The molecule has 0 bridgehead atoms. The Balaban J connectivity index is 2.28. The highest BCUT2D eigenvalue weighted by Gasteiger charge is 2.22. The predicted octanol–water partition coefficient (Wildman–Crippen LogP) is 2.51. The summed E-state index contributed by atoms with van der Waals surface area (Å²) in [6.07, 6.45) is 6.02. The van der Waals surface area contributed by atoms with Gasteiger partial charge in [-0.15, -0.1) is 0 Å². The maximum absolute atomic E-state index is 11.7. The summed E-state index contributed by atoms with van der Waals surface area (Å²) in [6.45, 7) is 1.44. The molecule has 1 saturated carbocycles. The maximum Gasteiger partial charge on any atom is 0.250 e. The largest absolute Gasteiger partial charge is 0.371 e. The Hall–Kier alpha value is -2.04. The number of amides is 2. The molecular weight excluding hydrogens is 266 g/mol. The number of nitrogens with two attached hydrogens (primary N) is 1. The minimum atomic E-state index is -0.472. The summed E-state index contributed by atoms with van der Waals surface area (Å²) in [5.74, 6) is -0.640. The molecule has 1 fully saturated rings. The third kappa shape index (κ3) is 3.74. The van der Waals surface area contributed by atoms with E-state index in [1.165, 1.54) is 26.2 Å². The van der Waals surface area contributed by atoms with Gasteiger partial charge in [0.05, 0.1) is 5.56 Å². The van der Waals surface area contributed by atoms with Crippen molar-refractivity contribution < 1.29 is 9.59 Å². The zero-order chi connectivity index (χ0) is 15.4. The van der Waals surface area contributed by atoms with Gasteiger partial charge >= 0.3 is 0 Å². The van der Waals surface area contributed by atoms with Crippen molar-refractivity contribution in [2.75, 3.05) is 17.3 Å². The summed E-state index contributed by atoms with van der Waals surface area (Å²) in [6, 6.07) is 5.77. The van der Waals surface area contributed by atoms with Crippen LogP contribution in [-0.4, -0.2) is 24.9 Å². The Morgan fingerprint density at radius 3 is 2.48 bits per heavy atom. The summed E-state index contributed by atoms with van der Waals surface area (Å²) in [7, 11) is 2.01. The summed E-state index contributed by atoms with van der Waals surface area (Å²) in [4.78, 5) is 25.0. The van der Waals surface area contributed by atoms with Crippen LogP contribution >= 0.6 is 0 Å². The Bertz CT molecular complexity index is 536. The van der Waals surface area contributed by atoms with Crippen LogP contribution in [-0.2, 0) is 4.79 Å². The van der Waals surface area contributed by atoms with Gasteiger partial charge in [-0.3, -0.25) is 9.59 Å². The van der Waals surface area contributed by atoms with Crippen LogP contribution in [0.2, 0.25) is 0 Å². The van der Waals surface area contributed by atoms with Crippen molar-refractivity contribution in [3.63, 3.8) is 0 Å². The standard InChI is InChI=1S/C16H23N3O2/c1-11(20)18-12-8-9-15(14(10-12)16(17)21)19(2)13-6-4-3-5-7-13/h8-10,13H,3-7H2,1-2H3,(H2,17,21)(H,18,20). The molecule has 2 rings (SSSR count). The van der Waals surface area contributed by atoms with Gasteiger partial charge in [0.1, 0.15) is 0 Å². The number of primary amides is 1. The number of benzene rings is 1. The fourth-order valence-corrected chi connectivity index (χ4v) is 2.99. The van der Waals surface area contributed by atoms with Crippen molar-refractivity contribution in [3.05, 3.63) is 23.8 Å². The molecule has 114 valence electrons. The van der Waals surface area contributed by atoms with Gasteiger partial charge in [-0.25, -0.2) is 0 Å². The van der Waals surface area contributed by atoms with Gasteiger partial charge in [-0.1, -0.05) is 19.3 Å². The molecule has 5 nitrogen and oxygen atoms in total. The third-order valence-corrected chi connectivity index (χ3v) is 4.08. The summed E-state index contributed by atoms with van der Waals surface area (Å²) in [5.41, 5.74) is 7.39. The van der Waals surface area contributed by atoms with Gasteiger partial charge in [0.25, 0.3) is 5.91 Å². The zero-order valence-electron chi connectivity index (χ0n) is 12.7. The first-order valence-electron chi connectivity index (χ1n) is 7.43. The lowest BCUT2D eigenvalue weighted by Gasteiger charge is -2.34. The number of nitrogens with one attached hydrogen (secondary N) is 1. The highest BCUT2D eigenvalue weighted by Crippen LogP contribution is 2.30. The van der Waals surface area contributed by atoms with Crippen LogP contribution in [0.1, 0.15) is 49.4 Å². The lowest BCUT2D eigenvalue weighted by atomic mass is 9.93. The predicted molar refractivity (Wildman–Crippen MR) is 84.5 cm³/mol. The molecule has 0 aliphatic heterocycles. The van der Waals surface area contributed by atoms with Crippen molar-refractivity contribution in [1.82, 2.24) is 0 Å². The van der Waals surface area contributed by atoms with Gasteiger partial charge in [-0.05, 0) is 31.0 Å². The van der Waals surface area contributed by atoms with Crippen LogP contribution in [0.25, 0.3) is 0 Å². The summed E-state index contributed by atoms with van der Waals surface area (Å²) >= 11 is 0. The maximum atomic E-state index is 11.7. The SMILES string of the molecule is CC(=O)Nc1ccc(N(C)C2CCCCC2)c(C(N)=O)c1. The van der Waals surface area contributed by atoms with Gasteiger partial charge in [-0.2, -0.15) is 0 Å². The van der Waals surface area contributed by atoms with Crippen LogP contribution in [0.3, 0.4) is 0 Å². The first kappa shape index (κ1) is 15.4. The van der Waals surface area contributed by atoms with E-state index in [2.05, 4.69) is 10.2 Å². The fourth-order valence-electron chi connectivity index (χ4n) is 2.99. The second-order valence-electron chi connectivity index (χ2n) is 5.68. The van der Waals surface area contributed by atoms with E-state index in [0.717, 1.165) is 18.5 Å². The topological polar surface area (TPSA) is 75.4 Å². The molecule has 1 aromatic rings. The number of nitrogens with zero attached hydrogens (tertiary/aromatic N) is 1. The van der Waals surface area contributed by atoms with E-state index >= 15 is 0 Å². The minimum Gasteiger partial charge on any atom is -0.371 e. The lowest BCUT2D eigenvalue weighted by molar-refractivity contribution is -0.114. The molecule has 0 unspecified atom stereocenters. The number of rotatable bonds is 4. The van der Waals surface area contributed by atoms with Crippen molar-refractivity contribution >= 4 is 23.2 Å². The number of carbonyl (C=O) groups excluding carboxylic acids is 2. The highest BCUT2D eigenvalue weighted by molar-refractivity contribution is 6.01. The van der Waals surface area contributed by atoms with Gasteiger partial charge in [0.2, 0.25) is 5.91 Å². The Morgan fingerprint density at radius 2 is 1.90 bits per heavy atom. The summed E-state index contributed by atoms with van der Waals surface area (Å²) < 4.78 is 0. The van der Waals surface area contributed by atoms with Crippen molar-refractivity contribution in [1.29, 1.82) is 0 Å². The molecule has 1 aliphatic carbocycles. The second kappa shape index (κ2) is 6.61. The van der Waals surface area contributed by atoms with E-state index in [4.69, 9.17) is 5.73 Å². The van der Waals surface area contributed by atoms with E-state index < -0.39 is 5.91 Å². The monoisotopic (exact) mass is 289 g/mol. The number of hydrogen-bond donors (Lipinski definition) is 2. The Labute approximate surface area is 125 Å². The minimum absolute atomic E-state index is 0.168. The van der Waals surface area contributed by atoms with E-state index in [0.29, 0.717) is 17.3 Å². The molecule has 1 aliphatic rings. The van der Waals surface area contributed by atoms with Crippen LogP contribution < -0.4 is 16.0 Å². The van der Waals surface area contributed by atoms with Crippen LogP contribution in [0.4, 0.5) is 11.4 Å². The molecule has 2 amide bonds. The van der Waals surface area contributed by atoms with Crippen LogP contribution in [0.15, 0.2) is 18.2 Å². The second-order valence-corrected chi connectivity index (χ2v) is 5.68. The molecule has 0 aromatic heterocycles. The average molecular weight is 289 g/mol. The molecular formula is C16H23N3O2. The Kier molecular flexibility index (Phi) is 4.83. The summed E-state index contributed by atoms with van der Waals surface area (Å²) in [5, 5.41) is 2.68. The molecule has 3 N–H and O–H groups in total. The molecule has 0 heterocycles. The fraction of sp³-hybridized carbons (Fsp3) is 0.500. The van der Waals surface area contributed by atoms with E-state index in [9.17, 15) is 9.59 Å². The molecule has 0 saturated heterocycles. The van der Waals surface area contributed by atoms with Crippen LogP contribution in [0, 0.1) is 0 Å². The smallest absolute Gasteiger partial charge is 0.250 e. The van der Waals surface area contributed by atoms with Crippen LogP contribution in [0.5, 0.6) is 0 Å². The Morgan fingerprint density at radius 1 is 1.24 bits per heavy atom. The lowest BCUT2D eigenvalue weighted by Crippen LogP contribution is -2.34. The first-order valence-corrected chi connectivity index (χ1v) is 7.43. The number of hydrogen-bond acceptors (Lipinski definition) is 3. The van der Waals surface area contributed by atoms with Crippen molar-refractivity contribution in [2.24, 2.45) is 5.73 Å². The average Bonchev–Trinajstić information content (AvgIpc) is 2.46. The first-order chi connectivity index (χ1) is 9.99. The van der Waals surface area contributed by atoms with E-state index in [1.54, 1.807) is 6.07 Å². The quantitative estimate of drug-likeness (QED) is 0.894. The highest BCUT2D eigenvalue weighted by atomic mass is 16.1. The number of carbonyl (C=O) groups is 2. The van der Waals surface area contributed by atoms with Crippen molar-refractivity contribution in [2.45, 2.75) is 45.1 Å². The van der Waals surface area contributed by atoms with Gasteiger partial charge in [0, 0.05) is 31.4 Å². The molecule has 5 heteroatoms. The molecule has 0 radical (unpaired) electrons. The van der Waals surface area contributed by atoms with Gasteiger partial charge in [0.15, 0.2) is 0 Å². The van der Waals surface area contributed by atoms with Gasteiger partial charge < -0.3 is 16.0 Å². The molecule has 1 aromatic carbocycles. The number of anilines is 2. The van der Waals surface area contributed by atoms with Crippen molar-refractivity contribution in [3.8, 4) is 0 Å². The molecule has 0 atom stereocenters. The van der Waals surface area contributed by atoms with E-state index in [-0.39, 0.29) is 5.91 Å². The normalized spacial score (nSPS) is 15.5. The zero-order valence-corrected chi connectivity index (χ0v) is 12.7. The molecule has 21 heavy (non-hydrogen) atoms. The van der Waals surface area contributed by atoms with E-state index in [1.807, 2.05) is 19.2 Å². The molecule has 0 spiro atoms.